The van der Waals surface area contributed by atoms with Crippen LogP contribution in [0.15, 0.2) is 42.9 Å². The maximum atomic E-state index is 12.1. The fourth-order valence-electron chi connectivity index (χ4n) is 3.72. The molecule has 0 radical (unpaired) electrons. The van der Waals surface area contributed by atoms with E-state index in [1.54, 1.807) is 6.33 Å². The van der Waals surface area contributed by atoms with E-state index in [-0.39, 0.29) is 0 Å². The fourth-order valence-corrected chi connectivity index (χ4v) is 3.84. The monoisotopic (exact) mass is 370 g/mol. The van der Waals surface area contributed by atoms with Gasteiger partial charge < -0.3 is 15.0 Å². The largest absolute Gasteiger partial charge is 0.481 e. The molecule has 0 bridgehead atoms. The number of nitrogens with one attached hydrogen (secondary N) is 1. The van der Waals surface area contributed by atoms with E-state index in [1.165, 1.54) is 0 Å². The van der Waals surface area contributed by atoms with Gasteiger partial charge in [-0.3, -0.25) is 4.79 Å². The number of aromatic nitrogens is 3. The van der Waals surface area contributed by atoms with Gasteiger partial charge in [0.25, 0.3) is 0 Å². The third kappa shape index (κ3) is 3.01. The highest BCUT2D eigenvalue weighted by Gasteiger charge is 2.42. The van der Waals surface area contributed by atoms with Crippen LogP contribution in [0.4, 0.5) is 5.82 Å². The third-order valence-corrected chi connectivity index (χ3v) is 5.51. The molecule has 0 amide bonds. The summed E-state index contributed by atoms with van der Waals surface area (Å²) in [6.45, 7) is 1.30. The molecule has 4 rings (SSSR count). The van der Waals surface area contributed by atoms with E-state index in [2.05, 4.69) is 19.9 Å². The van der Waals surface area contributed by atoms with E-state index in [0.717, 1.165) is 22.4 Å². The predicted molar refractivity (Wildman–Crippen MR) is 101 cm³/mol. The van der Waals surface area contributed by atoms with Crippen molar-refractivity contribution in [3.8, 4) is 0 Å². The summed E-state index contributed by atoms with van der Waals surface area (Å²) in [5, 5.41) is 11.6. The van der Waals surface area contributed by atoms with E-state index in [4.69, 9.17) is 11.6 Å². The zero-order valence-electron chi connectivity index (χ0n) is 14.2. The van der Waals surface area contributed by atoms with Crippen molar-refractivity contribution in [1.82, 2.24) is 15.0 Å². The molecule has 1 fully saturated rings. The molecule has 1 aliphatic rings. The summed E-state index contributed by atoms with van der Waals surface area (Å²) in [7, 11) is 0. The molecule has 3 aromatic rings. The molecule has 1 aliphatic heterocycles. The van der Waals surface area contributed by atoms with Gasteiger partial charge in [-0.25, -0.2) is 9.97 Å². The quantitative estimate of drug-likeness (QED) is 0.734. The lowest BCUT2D eigenvalue weighted by Crippen LogP contribution is -2.46. The Kier molecular flexibility index (Phi) is 4.28. The molecule has 2 N–H and O–H groups in total. The number of nitrogens with zero attached hydrogens (tertiary/aromatic N) is 3. The molecule has 26 heavy (non-hydrogen) atoms. The molecule has 6 nitrogen and oxygen atoms in total. The average Bonchev–Trinajstić information content (AvgIpc) is 3.13. The second kappa shape index (κ2) is 6.61. The average molecular weight is 371 g/mol. The number of aliphatic carboxylic acids is 1. The zero-order valence-corrected chi connectivity index (χ0v) is 14.9. The Balaban J connectivity index is 1.55. The SMILES string of the molecule is O=C(O)C1(Cc2ccc(Cl)cc2)CCN(c2ncnc3[nH]ccc23)CC1. The molecule has 3 heterocycles. The summed E-state index contributed by atoms with van der Waals surface area (Å²) < 4.78 is 0. The lowest BCUT2D eigenvalue weighted by atomic mass is 9.74. The van der Waals surface area contributed by atoms with Crippen molar-refractivity contribution >= 4 is 34.4 Å². The van der Waals surface area contributed by atoms with E-state index >= 15 is 0 Å². The number of H-pyrrole nitrogens is 1. The van der Waals surface area contributed by atoms with Crippen molar-refractivity contribution in [3.05, 3.63) is 53.4 Å². The first-order valence-electron chi connectivity index (χ1n) is 8.58. The molecule has 134 valence electrons. The minimum atomic E-state index is -0.755. The van der Waals surface area contributed by atoms with Crippen LogP contribution < -0.4 is 4.90 Å². The first kappa shape index (κ1) is 16.8. The van der Waals surface area contributed by atoms with E-state index in [1.807, 2.05) is 36.5 Å². The fraction of sp³-hybridized carbons (Fsp3) is 0.316. The van der Waals surface area contributed by atoms with E-state index in [9.17, 15) is 9.90 Å². The Hall–Kier alpha value is -2.60. The number of piperidine rings is 1. The van der Waals surface area contributed by atoms with Gasteiger partial charge in [0.15, 0.2) is 0 Å². The number of aromatic amines is 1. The highest BCUT2D eigenvalue weighted by Crippen LogP contribution is 2.38. The van der Waals surface area contributed by atoms with Crippen molar-refractivity contribution in [2.45, 2.75) is 19.3 Å². The zero-order chi connectivity index (χ0) is 18.1. The van der Waals surface area contributed by atoms with E-state index in [0.29, 0.717) is 37.4 Å². The predicted octanol–water partition coefficient (Wildman–Crippen LogP) is 3.53. The molecular formula is C19H19ClN4O2. The lowest BCUT2D eigenvalue weighted by molar-refractivity contribution is -0.150. The van der Waals surface area contributed by atoms with Gasteiger partial charge in [0.2, 0.25) is 0 Å². The van der Waals surface area contributed by atoms with Crippen LogP contribution in [0.3, 0.4) is 0 Å². The minimum absolute atomic E-state index is 0.511. The number of halogens is 1. The van der Waals surface area contributed by atoms with Crippen LogP contribution in [0.2, 0.25) is 5.02 Å². The number of anilines is 1. The maximum Gasteiger partial charge on any atom is 0.310 e. The van der Waals surface area contributed by atoms with Crippen molar-refractivity contribution < 1.29 is 9.90 Å². The van der Waals surface area contributed by atoms with Gasteiger partial charge in [-0.1, -0.05) is 23.7 Å². The molecule has 1 saturated heterocycles. The van der Waals surface area contributed by atoms with Gasteiger partial charge in [0, 0.05) is 24.3 Å². The standard InChI is InChI=1S/C19H19ClN4O2/c20-14-3-1-13(2-4-14)11-19(18(25)26)6-9-24(10-7-19)17-15-5-8-21-16(15)22-12-23-17/h1-5,8,12H,6-7,9-11H2,(H,25,26)(H,21,22,23). The second-order valence-electron chi connectivity index (χ2n) is 6.81. The Morgan fingerprint density at radius 3 is 2.62 bits per heavy atom. The normalized spacial score (nSPS) is 16.7. The number of fused-ring (bicyclic) bond motifs is 1. The van der Waals surface area contributed by atoms with Gasteiger partial charge in [0.05, 0.1) is 10.8 Å². The lowest BCUT2D eigenvalue weighted by Gasteiger charge is -2.39. The van der Waals surface area contributed by atoms with Gasteiger partial charge in [-0.05, 0) is 43.0 Å². The molecule has 0 unspecified atom stereocenters. The molecule has 0 saturated carbocycles. The van der Waals surface area contributed by atoms with Gasteiger partial charge in [-0.15, -0.1) is 0 Å². The van der Waals surface area contributed by atoms with Gasteiger partial charge in [-0.2, -0.15) is 0 Å². The molecule has 0 atom stereocenters. The van der Waals surface area contributed by atoms with Crippen LogP contribution in [0.5, 0.6) is 0 Å². The molecule has 0 aliphatic carbocycles. The van der Waals surface area contributed by atoms with Crippen LogP contribution in [-0.4, -0.2) is 39.1 Å². The summed E-state index contributed by atoms with van der Waals surface area (Å²) >= 11 is 5.94. The second-order valence-corrected chi connectivity index (χ2v) is 7.25. The minimum Gasteiger partial charge on any atom is -0.481 e. The van der Waals surface area contributed by atoms with Gasteiger partial charge >= 0.3 is 5.97 Å². The highest BCUT2D eigenvalue weighted by atomic mass is 35.5. The van der Waals surface area contributed by atoms with Crippen LogP contribution in [0, 0.1) is 5.41 Å². The number of carboxylic acid groups (broad SMARTS) is 1. The number of carboxylic acids is 1. The van der Waals surface area contributed by atoms with Crippen molar-refractivity contribution in [3.63, 3.8) is 0 Å². The van der Waals surface area contributed by atoms with Crippen LogP contribution >= 0.6 is 11.6 Å². The number of hydrogen-bond donors (Lipinski definition) is 2. The Morgan fingerprint density at radius 1 is 1.19 bits per heavy atom. The van der Waals surface area contributed by atoms with Crippen LogP contribution in [0.1, 0.15) is 18.4 Å². The smallest absolute Gasteiger partial charge is 0.310 e. The number of benzene rings is 1. The topological polar surface area (TPSA) is 82.1 Å². The summed E-state index contributed by atoms with van der Waals surface area (Å²) in [4.78, 5) is 26.0. The van der Waals surface area contributed by atoms with Crippen molar-refractivity contribution in [1.29, 1.82) is 0 Å². The Morgan fingerprint density at radius 2 is 1.92 bits per heavy atom. The van der Waals surface area contributed by atoms with Crippen LogP contribution in [-0.2, 0) is 11.2 Å². The summed E-state index contributed by atoms with van der Waals surface area (Å²) in [5.41, 5.74) is 1.04. The summed E-state index contributed by atoms with van der Waals surface area (Å²) in [5.74, 6) is 0.128. The Bertz CT molecular complexity index is 930. The first-order chi connectivity index (χ1) is 12.6. The van der Waals surface area contributed by atoms with Crippen molar-refractivity contribution in [2.75, 3.05) is 18.0 Å². The molecular weight excluding hydrogens is 352 g/mol. The van der Waals surface area contributed by atoms with Crippen molar-refractivity contribution in [2.24, 2.45) is 5.41 Å². The number of carbonyl (C=O) groups is 1. The molecule has 2 aromatic heterocycles. The van der Waals surface area contributed by atoms with Gasteiger partial charge in [0.1, 0.15) is 17.8 Å². The highest BCUT2D eigenvalue weighted by molar-refractivity contribution is 6.30. The number of rotatable bonds is 4. The number of hydrogen-bond acceptors (Lipinski definition) is 4. The maximum absolute atomic E-state index is 12.1. The Labute approximate surface area is 155 Å². The van der Waals surface area contributed by atoms with Crippen LogP contribution in [0.25, 0.3) is 11.0 Å². The summed E-state index contributed by atoms with van der Waals surface area (Å²) in [6, 6.07) is 9.40. The first-order valence-corrected chi connectivity index (χ1v) is 8.96. The third-order valence-electron chi connectivity index (χ3n) is 5.26. The molecule has 1 aromatic carbocycles. The summed E-state index contributed by atoms with van der Waals surface area (Å²) in [6.07, 6.45) is 5.04. The molecule has 0 spiro atoms. The van der Waals surface area contributed by atoms with E-state index < -0.39 is 11.4 Å². The molecule has 7 heteroatoms.